The Labute approximate surface area is 92.1 Å². The van der Waals surface area contributed by atoms with E-state index in [2.05, 4.69) is 36.9 Å². The van der Waals surface area contributed by atoms with E-state index in [-0.39, 0.29) is 0 Å². The molecule has 0 saturated heterocycles. The summed E-state index contributed by atoms with van der Waals surface area (Å²) < 4.78 is 0. The van der Waals surface area contributed by atoms with Gasteiger partial charge in [-0.2, -0.15) is 5.26 Å². The first kappa shape index (κ1) is 11.7. The van der Waals surface area contributed by atoms with E-state index in [1.807, 2.05) is 25.2 Å². The Hall–Kier alpha value is -1.33. The number of nitrogens with zero attached hydrogens (tertiary/aromatic N) is 2. The second-order valence-electron chi connectivity index (χ2n) is 4.17. The zero-order valence-electron chi connectivity index (χ0n) is 9.64. The maximum atomic E-state index is 8.72. The predicted octanol–water partition coefficient (Wildman–Crippen LogP) is 2.84. The van der Waals surface area contributed by atoms with E-state index in [4.69, 9.17) is 5.26 Å². The van der Waals surface area contributed by atoms with Crippen LogP contribution >= 0.6 is 0 Å². The summed E-state index contributed by atoms with van der Waals surface area (Å²) in [5.74, 6) is 0.505. The molecule has 0 amide bonds. The van der Waals surface area contributed by atoms with Crippen molar-refractivity contribution in [3.8, 4) is 6.07 Å². The van der Waals surface area contributed by atoms with Crippen molar-refractivity contribution in [3.05, 3.63) is 35.9 Å². The second-order valence-corrected chi connectivity index (χ2v) is 4.17. The normalized spacial score (nSPS) is 12.8. The molecule has 1 aromatic carbocycles. The van der Waals surface area contributed by atoms with Crippen LogP contribution in [0.25, 0.3) is 0 Å². The fourth-order valence-electron chi connectivity index (χ4n) is 2.01. The van der Waals surface area contributed by atoms with E-state index in [1.54, 1.807) is 0 Å². The van der Waals surface area contributed by atoms with Crippen LogP contribution in [0.3, 0.4) is 0 Å². The van der Waals surface area contributed by atoms with Crippen molar-refractivity contribution in [1.29, 1.82) is 5.26 Å². The lowest BCUT2D eigenvalue weighted by atomic mass is 9.95. The Morgan fingerprint density at radius 3 is 2.33 bits per heavy atom. The monoisotopic (exact) mass is 202 g/mol. The molecule has 80 valence electrons. The van der Waals surface area contributed by atoms with Gasteiger partial charge in [-0.1, -0.05) is 44.2 Å². The van der Waals surface area contributed by atoms with Crippen LogP contribution in [0.5, 0.6) is 0 Å². The van der Waals surface area contributed by atoms with Crippen LogP contribution in [-0.2, 0) is 0 Å². The van der Waals surface area contributed by atoms with Crippen molar-refractivity contribution in [2.45, 2.75) is 19.9 Å². The van der Waals surface area contributed by atoms with Gasteiger partial charge in [0, 0.05) is 6.04 Å². The number of nitriles is 1. The van der Waals surface area contributed by atoms with Crippen LogP contribution in [0.1, 0.15) is 25.5 Å². The molecule has 0 aliphatic rings. The topological polar surface area (TPSA) is 27.0 Å². The maximum absolute atomic E-state index is 8.72. The predicted molar refractivity (Wildman–Crippen MR) is 62.3 cm³/mol. The van der Waals surface area contributed by atoms with Crippen LogP contribution in [0.2, 0.25) is 0 Å². The summed E-state index contributed by atoms with van der Waals surface area (Å²) in [4.78, 5) is 2.10. The smallest absolute Gasteiger partial charge is 0.0868 e. The number of benzene rings is 1. The molecule has 0 aromatic heterocycles. The van der Waals surface area contributed by atoms with Crippen LogP contribution in [-0.4, -0.2) is 18.5 Å². The first-order valence-corrected chi connectivity index (χ1v) is 5.29. The molecule has 15 heavy (non-hydrogen) atoms. The average Bonchev–Trinajstić information content (AvgIpc) is 2.19. The van der Waals surface area contributed by atoms with Crippen molar-refractivity contribution in [2.75, 3.05) is 13.6 Å². The van der Waals surface area contributed by atoms with Gasteiger partial charge in [0.05, 0.1) is 12.6 Å². The van der Waals surface area contributed by atoms with E-state index in [0.717, 1.165) is 0 Å². The highest BCUT2D eigenvalue weighted by molar-refractivity contribution is 5.19. The molecule has 0 aliphatic heterocycles. The molecule has 0 heterocycles. The van der Waals surface area contributed by atoms with Crippen LogP contribution in [0, 0.1) is 17.2 Å². The Bertz CT molecular complexity index is 324. The molecule has 0 fully saturated rings. The van der Waals surface area contributed by atoms with Gasteiger partial charge in [-0.3, -0.25) is 4.90 Å². The Balaban J connectivity index is 2.89. The van der Waals surface area contributed by atoms with Crippen molar-refractivity contribution in [3.63, 3.8) is 0 Å². The zero-order valence-corrected chi connectivity index (χ0v) is 9.64. The fourth-order valence-corrected chi connectivity index (χ4v) is 2.01. The van der Waals surface area contributed by atoms with E-state index < -0.39 is 0 Å². The van der Waals surface area contributed by atoms with Gasteiger partial charge in [-0.05, 0) is 18.5 Å². The molecule has 1 atom stereocenters. The van der Waals surface area contributed by atoms with Gasteiger partial charge in [-0.15, -0.1) is 0 Å². The Morgan fingerprint density at radius 2 is 1.87 bits per heavy atom. The third kappa shape index (κ3) is 3.07. The molecule has 1 aromatic rings. The summed E-state index contributed by atoms with van der Waals surface area (Å²) in [6, 6.07) is 12.9. The summed E-state index contributed by atoms with van der Waals surface area (Å²) in [6.45, 7) is 4.84. The quantitative estimate of drug-likeness (QED) is 0.702. The van der Waals surface area contributed by atoms with Crippen molar-refractivity contribution >= 4 is 0 Å². The van der Waals surface area contributed by atoms with E-state index in [1.165, 1.54) is 5.56 Å². The fraction of sp³-hybridized carbons (Fsp3) is 0.462. The van der Waals surface area contributed by atoms with Crippen LogP contribution < -0.4 is 0 Å². The number of hydrogen-bond acceptors (Lipinski definition) is 2. The zero-order chi connectivity index (χ0) is 11.3. The molecule has 0 bridgehead atoms. The summed E-state index contributed by atoms with van der Waals surface area (Å²) in [5, 5.41) is 8.72. The summed E-state index contributed by atoms with van der Waals surface area (Å²) in [6.07, 6.45) is 0. The molecule has 2 heteroatoms. The van der Waals surface area contributed by atoms with E-state index in [0.29, 0.717) is 18.5 Å². The molecule has 1 unspecified atom stereocenters. The minimum atomic E-state index is 0.325. The van der Waals surface area contributed by atoms with Gasteiger partial charge >= 0.3 is 0 Å². The highest BCUT2D eigenvalue weighted by Gasteiger charge is 2.19. The standard InChI is InChI=1S/C13H18N2/c1-11(2)13(15(3)10-9-14)12-7-5-4-6-8-12/h4-8,11,13H,10H2,1-3H3. The number of rotatable bonds is 4. The molecule has 1 rings (SSSR count). The third-order valence-corrected chi connectivity index (χ3v) is 2.57. The first-order chi connectivity index (χ1) is 7.16. The Kier molecular flexibility index (Phi) is 4.33. The van der Waals surface area contributed by atoms with Gasteiger partial charge in [0.15, 0.2) is 0 Å². The van der Waals surface area contributed by atoms with E-state index in [9.17, 15) is 0 Å². The molecule has 0 saturated carbocycles. The lowest BCUT2D eigenvalue weighted by Gasteiger charge is -2.29. The van der Waals surface area contributed by atoms with Crippen LogP contribution in [0.4, 0.5) is 0 Å². The minimum Gasteiger partial charge on any atom is -0.286 e. The van der Waals surface area contributed by atoms with E-state index >= 15 is 0 Å². The third-order valence-electron chi connectivity index (χ3n) is 2.57. The van der Waals surface area contributed by atoms with Gasteiger partial charge in [0.2, 0.25) is 0 Å². The van der Waals surface area contributed by atoms with Crippen molar-refractivity contribution < 1.29 is 0 Å². The molecular formula is C13H18N2. The molecule has 0 radical (unpaired) electrons. The SMILES string of the molecule is CC(C)C(c1ccccc1)N(C)CC#N. The van der Waals surface area contributed by atoms with Crippen LogP contribution in [0.15, 0.2) is 30.3 Å². The lowest BCUT2D eigenvalue weighted by molar-refractivity contribution is 0.215. The molecule has 0 spiro atoms. The lowest BCUT2D eigenvalue weighted by Crippen LogP contribution is -2.28. The van der Waals surface area contributed by atoms with Crippen molar-refractivity contribution in [1.82, 2.24) is 4.90 Å². The first-order valence-electron chi connectivity index (χ1n) is 5.29. The van der Waals surface area contributed by atoms with Gasteiger partial charge < -0.3 is 0 Å². The molecular weight excluding hydrogens is 184 g/mol. The summed E-state index contributed by atoms with van der Waals surface area (Å²) in [5.41, 5.74) is 1.28. The van der Waals surface area contributed by atoms with Gasteiger partial charge in [0.1, 0.15) is 0 Å². The minimum absolute atomic E-state index is 0.325. The molecule has 2 nitrogen and oxygen atoms in total. The average molecular weight is 202 g/mol. The second kappa shape index (κ2) is 5.53. The van der Waals surface area contributed by atoms with Gasteiger partial charge in [-0.25, -0.2) is 0 Å². The Morgan fingerprint density at radius 1 is 1.27 bits per heavy atom. The summed E-state index contributed by atoms with van der Waals surface area (Å²) >= 11 is 0. The highest BCUT2D eigenvalue weighted by Crippen LogP contribution is 2.26. The molecule has 0 aliphatic carbocycles. The maximum Gasteiger partial charge on any atom is 0.0868 e. The van der Waals surface area contributed by atoms with Crippen molar-refractivity contribution in [2.24, 2.45) is 5.92 Å². The molecule has 0 N–H and O–H groups in total. The summed E-state index contributed by atoms with van der Waals surface area (Å²) in [7, 11) is 2.00. The number of hydrogen-bond donors (Lipinski definition) is 0. The largest absolute Gasteiger partial charge is 0.286 e. The highest BCUT2D eigenvalue weighted by atomic mass is 15.1. The van der Waals surface area contributed by atoms with Gasteiger partial charge in [0.25, 0.3) is 0 Å².